The molecule has 3 amide bonds. The van der Waals surface area contributed by atoms with Gasteiger partial charge in [-0.1, -0.05) is 35.9 Å². The summed E-state index contributed by atoms with van der Waals surface area (Å²) in [7, 11) is 0. The predicted octanol–water partition coefficient (Wildman–Crippen LogP) is 5.42. The molecule has 3 aromatic rings. The Kier molecular flexibility index (Phi) is 6.89. The number of nitrogens with one attached hydrogen (secondary N) is 3. The van der Waals surface area contributed by atoms with Crippen LogP contribution in [0.15, 0.2) is 77.9 Å². The molecule has 3 aromatic carbocycles. The Morgan fingerprint density at radius 2 is 1.53 bits per heavy atom. The standard InChI is InChI=1S/C23H19F3N4O2/c1-15-5-7-16(8-6-15)14-27-30-21(31)17-9-11-19(12-10-17)28-22(32)29-20-4-2-3-18(13-20)23(24,25)26/h2-14H,1H3,(H,30,31)(H2,28,29,32)/b27-14+. The van der Waals surface area contributed by atoms with Gasteiger partial charge < -0.3 is 10.6 Å². The summed E-state index contributed by atoms with van der Waals surface area (Å²) in [6.07, 6.45) is -2.99. The summed E-state index contributed by atoms with van der Waals surface area (Å²) in [5.74, 6) is -0.437. The van der Waals surface area contributed by atoms with E-state index >= 15 is 0 Å². The van der Waals surface area contributed by atoms with E-state index in [1.165, 1.54) is 42.6 Å². The summed E-state index contributed by atoms with van der Waals surface area (Å²) in [6.45, 7) is 1.97. The molecule has 0 aromatic heterocycles. The Hall–Kier alpha value is -4.14. The Bertz CT molecular complexity index is 1130. The van der Waals surface area contributed by atoms with Crippen LogP contribution in [0, 0.1) is 6.92 Å². The number of hydrogen-bond acceptors (Lipinski definition) is 3. The topological polar surface area (TPSA) is 82.6 Å². The zero-order valence-corrected chi connectivity index (χ0v) is 16.9. The lowest BCUT2D eigenvalue weighted by Crippen LogP contribution is -2.20. The second kappa shape index (κ2) is 9.78. The SMILES string of the molecule is Cc1ccc(/C=N/NC(=O)c2ccc(NC(=O)Nc3cccc(C(F)(F)F)c3)cc2)cc1. The van der Waals surface area contributed by atoms with Gasteiger partial charge in [-0.15, -0.1) is 0 Å². The highest BCUT2D eigenvalue weighted by Crippen LogP contribution is 2.30. The molecule has 6 nitrogen and oxygen atoms in total. The molecule has 0 aliphatic carbocycles. The van der Waals surface area contributed by atoms with Crippen molar-refractivity contribution in [3.8, 4) is 0 Å². The minimum absolute atomic E-state index is 0.000221. The number of amides is 3. The molecule has 164 valence electrons. The van der Waals surface area contributed by atoms with E-state index in [0.29, 0.717) is 11.3 Å². The molecule has 0 heterocycles. The number of hydrazone groups is 1. The lowest BCUT2D eigenvalue weighted by Gasteiger charge is -2.11. The normalized spacial score (nSPS) is 11.2. The molecule has 0 aliphatic rings. The Morgan fingerprint density at radius 1 is 0.875 bits per heavy atom. The summed E-state index contributed by atoms with van der Waals surface area (Å²) in [4.78, 5) is 24.2. The van der Waals surface area contributed by atoms with Crippen molar-refractivity contribution in [1.82, 2.24) is 5.43 Å². The second-order valence-corrected chi connectivity index (χ2v) is 6.84. The van der Waals surface area contributed by atoms with E-state index in [0.717, 1.165) is 23.3 Å². The average Bonchev–Trinajstić information content (AvgIpc) is 2.75. The summed E-state index contributed by atoms with van der Waals surface area (Å²) in [5.41, 5.74) is 4.17. The number of anilines is 2. The number of halogens is 3. The first-order chi connectivity index (χ1) is 15.2. The van der Waals surface area contributed by atoms with Crippen LogP contribution in [-0.4, -0.2) is 18.2 Å². The van der Waals surface area contributed by atoms with Crippen molar-refractivity contribution in [3.05, 3.63) is 95.1 Å². The number of rotatable bonds is 5. The van der Waals surface area contributed by atoms with Crippen LogP contribution in [0.5, 0.6) is 0 Å². The fraction of sp³-hybridized carbons (Fsp3) is 0.0870. The van der Waals surface area contributed by atoms with Gasteiger partial charge in [-0.25, -0.2) is 10.2 Å². The number of carbonyl (C=O) groups excluding carboxylic acids is 2. The van der Waals surface area contributed by atoms with E-state index in [9.17, 15) is 22.8 Å². The lowest BCUT2D eigenvalue weighted by atomic mass is 10.2. The van der Waals surface area contributed by atoms with Gasteiger partial charge in [-0.05, 0) is 55.0 Å². The highest BCUT2D eigenvalue weighted by atomic mass is 19.4. The van der Waals surface area contributed by atoms with Gasteiger partial charge in [0.15, 0.2) is 0 Å². The van der Waals surface area contributed by atoms with Crippen molar-refractivity contribution in [1.29, 1.82) is 0 Å². The number of nitrogens with zero attached hydrogens (tertiary/aromatic N) is 1. The van der Waals surface area contributed by atoms with Crippen molar-refractivity contribution >= 4 is 29.5 Å². The molecule has 3 rings (SSSR count). The smallest absolute Gasteiger partial charge is 0.308 e. The highest BCUT2D eigenvalue weighted by Gasteiger charge is 2.30. The summed E-state index contributed by atoms with van der Waals surface area (Å²) < 4.78 is 38.3. The van der Waals surface area contributed by atoms with Crippen LogP contribution in [0.1, 0.15) is 27.0 Å². The molecule has 3 N–H and O–H groups in total. The van der Waals surface area contributed by atoms with Crippen LogP contribution >= 0.6 is 0 Å². The van der Waals surface area contributed by atoms with Crippen LogP contribution in [0.2, 0.25) is 0 Å². The van der Waals surface area contributed by atoms with Gasteiger partial charge in [-0.3, -0.25) is 4.79 Å². The van der Waals surface area contributed by atoms with Crippen molar-refractivity contribution in [3.63, 3.8) is 0 Å². The average molecular weight is 440 g/mol. The van der Waals surface area contributed by atoms with Gasteiger partial charge in [0, 0.05) is 16.9 Å². The summed E-state index contributed by atoms with van der Waals surface area (Å²) in [6, 6.07) is 17.1. The maximum Gasteiger partial charge on any atom is 0.416 e. The molecule has 0 unspecified atom stereocenters. The van der Waals surface area contributed by atoms with Crippen molar-refractivity contribution in [2.75, 3.05) is 10.6 Å². The van der Waals surface area contributed by atoms with E-state index in [2.05, 4.69) is 21.2 Å². The van der Waals surface area contributed by atoms with Crippen molar-refractivity contribution in [2.45, 2.75) is 13.1 Å². The monoisotopic (exact) mass is 440 g/mol. The molecule has 0 saturated carbocycles. The maximum absolute atomic E-state index is 12.8. The minimum atomic E-state index is -4.51. The number of carbonyl (C=O) groups is 2. The summed E-state index contributed by atoms with van der Waals surface area (Å²) >= 11 is 0. The molecule has 0 aliphatic heterocycles. The van der Waals surface area contributed by atoms with E-state index < -0.39 is 23.7 Å². The van der Waals surface area contributed by atoms with E-state index in [-0.39, 0.29) is 5.69 Å². The Morgan fingerprint density at radius 3 is 2.19 bits per heavy atom. The molecule has 0 atom stereocenters. The molecular weight excluding hydrogens is 421 g/mol. The number of urea groups is 1. The minimum Gasteiger partial charge on any atom is -0.308 e. The van der Waals surface area contributed by atoms with E-state index in [1.807, 2.05) is 31.2 Å². The number of benzene rings is 3. The zero-order chi connectivity index (χ0) is 23.1. The Labute approximate surface area is 182 Å². The second-order valence-electron chi connectivity index (χ2n) is 6.84. The molecule has 0 fully saturated rings. The maximum atomic E-state index is 12.8. The third-order valence-corrected chi connectivity index (χ3v) is 4.31. The first-order valence-corrected chi connectivity index (χ1v) is 9.46. The zero-order valence-electron chi connectivity index (χ0n) is 16.9. The van der Waals surface area contributed by atoms with Gasteiger partial charge in [0.05, 0.1) is 11.8 Å². The lowest BCUT2D eigenvalue weighted by molar-refractivity contribution is -0.137. The fourth-order valence-corrected chi connectivity index (χ4v) is 2.65. The highest BCUT2D eigenvalue weighted by molar-refractivity contribution is 6.00. The molecule has 0 spiro atoms. The number of alkyl halides is 3. The largest absolute Gasteiger partial charge is 0.416 e. The van der Waals surface area contributed by atoms with Crippen LogP contribution < -0.4 is 16.1 Å². The van der Waals surface area contributed by atoms with E-state index in [1.54, 1.807) is 0 Å². The van der Waals surface area contributed by atoms with Crippen molar-refractivity contribution < 1.29 is 22.8 Å². The molecule has 0 radical (unpaired) electrons. The molecule has 32 heavy (non-hydrogen) atoms. The molecule has 0 saturated heterocycles. The fourth-order valence-electron chi connectivity index (χ4n) is 2.65. The van der Waals surface area contributed by atoms with Crippen LogP contribution in [0.25, 0.3) is 0 Å². The molecular formula is C23H19F3N4O2. The molecule has 0 bridgehead atoms. The van der Waals surface area contributed by atoms with Gasteiger partial charge in [0.1, 0.15) is 0 Å². The van der Waals surface area contributed by atoms with Crippen LogP contribution in [0.4, 0.5) is 29.3 Å². The van der Waals surface area contributed by atoms with Gasteiger partial charge in [-0.2, -0.15) is 18.3 Å². The van der Waals surface area contributed by atoms with Gasteiger partial charge >= 0.3 is 12.2 Å². The van der Waals surface area contributed by atoms with Crippen LogP contribution in [-0.2, 0) is 6.18 Å². The van der Waals surface area contributed by atoms with Gasteiger partial charge in [0.2, 0.25) is 0 Å². The van der Waals surface area contributed by atoms with Crippen LogP contribution in [0.3, 0.4) is 0 Å². The third-order valence-electron chi connectivity index (χ3n) is 4.31. The predicted molar refractivity (Wildman–Crippen MR) is 117 cm³/mol. The number of aryl methyl sites for hydroxylation is 1. The quantitative estimate of drug-likeness (QED) is 0.366. The van der Waals surface area contributed by atoms with E-state index in [4.69, 9.17) is 0 Å². The summed E-state index contributed by atoms with van der Waals surface area (Å²) in [5, 5.41) is 8.74. The first kappa shape index (κ1) is 22.5. The third kappa shape index (κ3) is 6.43. The van der Waals surface area contributed by atoms with Gasteiger partial charge in [0.25, 0.3) is 5.91 Å². The first-order valence-electron chi connectivity index (χ1n) is 9.46. The number of hydrogen-bond donors (Lipinski definition) is 3. The Balaban J connectivity index is 1.54. The molecule has 9 heteroatoms. The van der Waals surface area contributed by atoms with Crippen molar-refractivity contribution in [2.24, 2.45) is 5.10 Å².